The average Bonchev–Trinajstić information content (AvgIpc) is 3.73. The second kappa shape index (κ2) is 12.7. The first-order chi connectivity index (χ1) is 25.7. The molecule has 1 aliphatic carbocycles. The topological polar surface area (TPSA) is 48.8 Å². The summed E-state index contributed by atoms with van der Waals surface area (Å²) in [6, 6.07) is 40.5. The van der Waals surface area contributed by atoms with Crippen LogP contribution in [0.4, 0.5) is 0 Å². The van der Waals surface area contributed by atoms with Gasteiger partial charge in [0.1, 0.15) is 5.82 Å². The molecule has 0 atom stereocenters. The third-order valence-corrected chi connectivity index (χ3v) is 12.7. The van der Waals surface area contributed by atoms with Gasteiger partial charge in [0.05, 0.1) is 16.7 Å². The summed E-state index contributed by atoms with van der Waals surface area (Å²) in [6.45, 7) is 20.8. The molecule has 6 nitrogen and oxygen atoms in total. The Morgan fingerprint density at radius 1 is 0.691 bits per heavy atom. The predicted molar refractivity (Wildman–Crippen MR) is 216 cm³/mol. The minimum absolute atomic E-state index is 0. The molecular weight excluding hydrogens is 858 g/mol. The first-order valence-electron chi connectivity index (χ1n) is 18.8. The molecule has 0 spiro atoms. The molecule has 9 rings (SSSR count). The molecule has 4 aromatic heterocycles. The summed E-state index contributed by atoms with van der Waals surface area (Å²) in [5, 5.41) is 2.24. The SMILES string of the molecule is CC(C)(C)c1ccnc(-n2c3[c-]c(Oc4[c-]c(-n5[c-][n+](-c6ccnc7c6C(C)(C)C(C)(C)C7(C)C)c6ccccc65)ccc4)ccc3c3ccccc32)c1.[Pt]. The Hall–Kier alpha value is -5.06. The van der Waals surface area contributed by atoms with E-state index >= 15 is 0 Å². The molecular formula is C48H45N5OPt-2. The van der Waals surface area contributed by atoms with Gasteiger partial charge < -0.3 is 13.9 Å². The van der Waals surface area contributed by atoms with Crippen LogP contribution in [0, 0.1) is 23.9 Å². The molecule has 0 saturated heterocycles. The van der Waals surface area contributed by atoms with Crippen molar-refractivity contribution in [3.8, 4) is 28.7 Å². The van der Waals surface area contributed by atoms with Crippen molar-refractivity contribution in [1.82, 2.24) is 19.1 Å². The van der Waals surface area contributed by atoms with E-state index in [9.17, 15) is 0 Å². The number of pyridine rings is 2. The molecule has 0 unspecified atom stereocenters. The van der Waals surface area contributed by atoms with Crippen LogP contribution in [0.5, 0.6) is 11.5 Å². The summed E-state index contributed by atoms with van der Waals surface area (Å²) in [6.07, 6.45) is 7.56. The summed E-state index contributed by atoms with van der Waals surface area (Å²) < 4.78 is 13.0. The molecule has 0 N–H and O–H groups in total. The monoisotopic (exact) mass is 902 g/mol. The second-order valence-electron chi connectivity index (χ2n) is 17.3. The summed E-state index contributed by atoms with van der Waals surface area (Å²) in [4.78, 5) is 9.82. The maximum atomic E-state index is 6.56. The zero-order valence-electron chi connectivity index (χ0n) is 32.9. The van der Waals surface area contributed by atoms with Gasteiger partial charge in [-0.25, -0.2) is 4.98 Å². The van der Waals surface area contributed by atoms with Gasteiger partial charge in [-0.15, -0.1) is 29.7 Å². The Balaban J connectivity index is 0.00000427. The van der Waals surface area contributed by atoms with Gasteiger partial charge in [0.25, 0.3) is 6.33 Å². The molecule has 0 radical (unpaired) electrons. The molecule has 4 heterocycles. The number of benzene rings is 4. The van der Waals surface area contributed by atoms with Crippen LogP contribution in [-0.2, 0) is 37.3 Å². The van der Waals surface area contributed by atoms with Gasteiger partial charge in [-0.3, -0.25) is 9.55 Å². The summed E-state index contributed by atoms with van der Waals surface area (Å²) in [5.74, 6) is 2.04. The van der Waals surface area contributed by atoms with Gasteiger partial charge in [0.2, 0.25) is 0 Å². The minimum Gasteiger partial charge on any atom is -0.510 e. The molecule has 55 heavy (non-hydrogen) atoms. The Morgan fingerprint density at radius 3 is 2.18 bits per heavy atom. The van der Waals surface area contributed by atoms with Crippen LogP contribution in [0.15, 0.2) is 109 Å². The van der Waals surface area contributed by atoms with Crippen molar-refractivity contribution in [2.24, 2.45) is 5.41 Å². The maximum Gasteiger partial charge on any atom is 0.268 e. The fourth-order valence-electron chi connectivity index (χ4n) is 8.46. The Labute approximate surface area is 338 Å². The Kier molecular flexibility index (Phi) is 8.55. The van der Waals surface area contributed by atoms with Crippen LogP contribution in [0.2, 0.25) is 0 Å². The van der Waals surface area contributed by atoms with E-state index < -0.39 is 0 Å². The first kappa shape index (κ1) is 36.9. The van der Waals surface area contributed by atoms with E-state index in [0.717, 1.165) is 55.7 Å². The number of nitrogens with zero attached hydrogens (tertiary/aromatic N) is 5. The minimum atomic E-state index is -0.131. The molecule has 8 aromatic rings. The van der Waals surface area contributed by atoms with Gasteiger partial charge in [0.15, 0.2) is 0 Å². The van der Waals surface area contributed by atoms with E-state index in [1.807, 2.05) is 36.7 Å². The number of aromatic nitrogens is 5. The van der Waals surface area contributed by atoms with Gasteiger partial charge in [-0.05, 0) is 62.7 Å². The smallest absolute Gasteiger partial charge is 0.268 e. The standard InChI is InChI=1S/C48H45N5O.Pt/c1-45(2,3)31-23-25-49-42(27-31)53-37-18-11-10-17-35(37)36-22-21-34(29-41(36)53)54-33-16-14-15-32(28-33)51-30-52(39-20-13-12-19-38(39)51)40-24-26-50-44-43(40)46(4,5)48(8,9)47(44,6)7;/h10-27H,1-9H3;/q-2;. The average molecular weight is 903 g/mol. The van der Waals surface area contributed by atoms with Crippen LogP contribution in [0.1, 0.15) is 79.1 Å². The van der Waals surface area contributed by atoms with Crippen LogP contribution in [0.3, 0.4) is 0 Å². The second-order valence-corrected chi connectivity index (χ2v) is 17.3. The fraction of sp³-hybridized carbons (Fsp3) is 0.271. The number of imidazole rings is 1. The number of para-hydroxylation sites is 3. The van der Waals surface area contributed by atoms with Gasteiger partial charge in [-0.1, -0.05) is 110 Å². The van der Waals surface area contributed by atoms with Gasteiger partial charge >= 0.3 is 0 Å². The van der Waals surface area contributed by atoms with E-state index in [1.165, 1.54) is 11.1 Å². The Bertz CT molecular complexity index is 2780. The van der Waals surface area contributed by atoms with Crippen molar-refractivity contribution < 1.29 is 30.4 Å². The summed E-state index contributed by atoms with van der Waals surface area (Å²) in [7, 11) is 0. The number of fused-ring (bicyclic) bond motifs is 5. The molecule has 7 heteroatoms. The largest absolute Gasteiger partial charge is 0.510 e. The third kappa shape index (κ3) is 5.51. The van der Waals surface area contributed by atoms with Crippen LogP contribution in [-0.4, -0.2) is 19.1 Å². The maximum absolute atomic E-state index is 6.56. The van der Waals surface area contributed by atoms with Crippen molar-refractivity contribution in [2.75, 3.05) is 0 Å². The predicted octanol–water partition coefficient (Wildman–Crippen LogP) is 10.9. The van der Waals surface area contributed by atoms with Crippen molar-refractivity contribution in [1.29, 1.82) is 0 Å². The summed E-state index contributed by atoms with van der Waals surface area (Å²) in [5.41, 5.74) is 9.36. The molecule has 4 aromatic carbocycles. The molecule has 1 aliphatic rings. The van der Waals surface area contributed by atoms with Crippen molar-refractivity contribution in [3.63, 3.8) is 0 Å². The Morgan fingerprint density at radius 2 is 1.40 bits per heavy atom. The number of hydrogen-bond donors (Lipinski definition) is 0. The molecule has 0 saturated carbocycles. The van der Waals surface area contributed by atoms with Crippen molar-refractivity contribution in [2.45, 2.75) is 78.6 Å². The van der Waals surface area contributed by atoms with E-state index in [2.05, 4.69) is 167 Å². The molecule has 0 bridgehead atoms. The van der Waals surface area contributed by atoms with Crippen molar-refractivity contribution in [3.05, 3.63) is 145 Å². The van der Waals surface area contributed by atoms with Crippen LogP contribution >= 0.6 is 0 Å². The number of hydrogen-bond acceptors (Lipinski definition) is 3. The van der Waals surface area contributed by atoms with Gasteiger partial charge in [-0.2, -0.15) is 18.2 Å². The zero-order valence-corrected chi connectivity index (χ0v) is 35.1. The van der Waals surface area contributed by atoms with E-state index in [0.29, 0.717) is 11.5 Å². The number of ether oxygens (including phenoxy) is 1. The molecule has 0 fully saturated rings. The summed E-state index contributed by atoms with van der Waals surface area (Å²) >= 11 is 0. The third-order valence-electron chi connectivity index (χ3n) is 12.7. The molecule has 0 aliphatic heterocycles. The van der Waals surface area contributed by atoms with Crippen LogP contribution in [0.25, 0.3) is 50.0 Å². The fourth-order valence-corrected chi connectivity index (χ4v) is 8.46. The molecule has 0 amide bonds. The normalized spacial score (nSPS) is 15.7. The van der Waals surface area contributed by atoms with E-state index in [4.69, 9.17) is 14.7 Å². The first-order valence-corrected chi connectivity index (χ1v) is 18.8. The number of rotatable bonds is 5. The van der Waals surface area contributed by atoms with Gasteiger partial charge in [0, 0.05) is 61.6 Å². The van der Waals surface area contributed by atoms with Crippen molar-refractivity contribution >= 4 is 32.8 Å². The van der Waals surface area contributed by atoms with Crippen LogP contribution < -0.4 is 9.30 Å². The zero-order chi connectivity index (χ0) is 37.8. The van der Waals surface area contributed by atoms with E-state index in [-0.39, 0.29) is 42.7 Å². The molecule has 280 valence electrons. The quantitative estimate of drug-likeness (QED) is 0.128. The van der Waals surface area contributed by atoms with E-state index in [1.54, 1.807) is 0 Å².